The van der Waals surface area contributed by atoms with E-state index in [-0.39, 0.29) is 0 Å². The van der Waals surface area contributed by atoms with E-state index in [1.165, 1.54) is 0 Å². The number of benzene rings is 4. The van der Waals surface area contributed by atoms with E-state index < -0.39 is 5.43 Å². The maximum Gasteiger partial charge on any atom is 0.401 e. The number of aromatic amines is 2. The number of rotatable bonds is 0. The first-order chi connectivity index (χ1) is 21.5. The lowest BCUT2D eigenvalue weighted by Crippen LogP contribution is -1.82. The largest absolute Gasteiger partial charge is 0.469 e. The molecule has 4 aromatic carbocycles. The van der Waals surface area contributed by atoms with E-state index >= 15 is 0 Å². The Labute approximate surface area is 253 Å². The Morgan fingerprint density at radius 2 is 0.682 bits per heavy atom. The molecular weight excluding hydrogens is 576 g/mol. The summed E-state index contributed by atoms with van der Waals surface area (Å²) in [6, 6.07) is 32.2. The topological polar surface area (TPSA) is 146 Å². The van der Waals surface area contributed by atoms with Gasteiger partial charge in [0.05, 0.1) is 0 Å². The van der Waals surface area contributed by atoms with Gasteiger partial charge in [0.1, 0.15) is 22.6 Å². The van der Waals surface area contributed by atoms with Crippen LogP contribution in [0.2, 0.25) is 0 Å². The lowest BCUT2D eigenvalue weighted by atomic mass is 10.1. The fraction of sp³-hybridized carbons (Fsp3) is 0. The van der Waals surface area contributed by atoms with Gasteiger partial charge in [-0.3, -0.25) is 0 Å². The first-order valence-corrected chi connectivity index (χ1v) is 14.0. The molecule has 11 heteroatoms. The molecule has 9 rings (SSSR count). The Kier molecular flexibility index (Phi) is 5.88. The average molecular weight is 595 g/mol. The molecule has 0 spiro atoms. The van der Waals surface area contributed by atoms with Crippen LogP contribution in [0.1, 0.15) is 0 Å². The molecule has 3 aromatic heterocycles. The number of carboxylic acid groups (broad SMARTS) is 1. The average Bonchev–Trinajstić information content (AvgIpc) is 3.76. The van der Waals surface area contributed by atoms with Crippen LogP contribution in [0.3, 0.4) is 0 Å². The van der Waals surface area contributed by atoms with Crippen LogP contribution in [0.25, 0.3) is 89.7 Å². The second-order valence-electron chi connectivity index (χ2n) is 10.0. The number of aromatic nitrogens is 8. The maximum atomic E-state index is 8.77. The second-order valence-corrected chi connectivity index (χ2v) is 10.4. The summed E-state index contributed by atoms with van der Waals surface area (Å²) >= 11 is 4.19. The molecule has 8 bridgehead atoms. The zero-order valence-corrected chi connectivity index (χ0v) is 23.4. The Morgan fingerprint density at radius 3 is 0.932 bits per heavy atom. The fourth-order valence-corrected chi connectivity index (χ4v) is 5.59. The van der Waals surface area contributed by atoms with Gasteiger partial charge in [-0.15, -0.1) is 0 Å². The fourth-order valence-electron chi connectivity index (χ4n) is 5.59. The van der Waals surface area contributed by atoms with Crippen molar-refractivity contribution >= 4 is 61.2 Å². The van der Waals surface area contributed by atoms with Crippen LogP contribution in [0.4, 0.5) is 4.79 Å². The van der Waals surface area contributed by atoms with Crippen LogP contribution in [-0.4, -0.2) is 50.4 Å². The quantitative estimate of drug-likeness (QED) is 0.151. The van der Waals surface area contributed by atoms with E-state index in [1.54, 1.807) is 0 Å². The predicted octanol–water partition coefficient (Wildman–Crippen LogP) is 7.77. The number of nitrogens with one attached hydrogen (secondary N) is 2. The van der Waals surface area contributed by atoms with Crippen molar-refractivity contribution in [2.45, 2.75) is 0 Å². The minimum Gasteiger partial charge on any atom is -0.469 e. The monoisotopic (exact) mass is 594 g/mol. The first kappa shape index (κ1) is 25.7. The zero-order valence-electron chi connectivity index (χ0n) is 22.7. The smallest absolute Gasteiger partial charge is 0.401 e. The molecule has 0 saturated carbocycles. The molecule has 2 aliphatic heterocycles. The maximum absolute atomic E-state index is 8.77. The van der Waals surface area contributed by atoms with Crippen LogP contribution in [0.5, 0.6) is 0 Å². The molecule has 0 amide bonds. The molecule has 0 radical (unpaired) electrons. The lowest BCUT2D eigenvalue weighted by Gasteiger charge is -1.96. The van der Waals surface area contributed by atoms with Crippen LogP contribution < -0.4 is 0 Å². The molecule has 0 aliphatic carbocycles. The minimum atomic E-state index is -1.36. The minimum absolute atomic E-state index is 0.597. The van der Waals surface area contributed by atoms with Crippen molar-refractivity contribution < 1.29 is 9.90 Å². The summed E-state index contributed by atoms with van der Waals surface area (Å²) in [5, 5.41) is 11.0. The third-order valence-electron chi connectivity index (χ3n) is 7.46. The Hall–Kier alpha value is -6.00. The molecule has 10 nitrogen and oxygen atoms in total. The number of halogens is 1. The van der Waals surface area contributed by atoms with Gasteiger partial charge >= 0.3 is 5.43 Å². The van der Waals surface area contributed by atoms with E-state index in [2.05, 4.69) is 21.6 Å². The van der Waals surface area contributed by atoms with Gasteiger partial charge in [0.2, 0.25) is 0 Å². The van der Waals surface area contributed by atoms with Gasteiger partial charge in [-0.25, -0.2) is 34.7 Å². The molecule has 0 saturated heterocycles. The van der Waals surface area contributed by atoms with E-state index in [0.717, 1.165) is 43.8 Å². The number of fused-ring (bicyclic) bond motifs is 20. The van der Waals surface area contributed by atoms with Gasteiger partial charge in [0, 0.05) is 55.4 Å². The molecule has 44 heavy (non-hydrogen) atoms. The summed E-state index contributed by atoms with van der Waals surface area (Å²) in [5.74, 6) is 2.39. The summed E-state index contributed by atoms with van der Waals surface area (Å²) in [7, 11) is 0. The van der Waals surface area contributed by atoms with Gasteiger partial charge in [0.25, 0.3) is 0 Å². The zero-order chi connectivity index (χ0) is 29.8. The van der Waals surface area contributed by atoms with Crippen LogP contribution >= 0.6 is 11.6 Å². The first-order valence-electron chi connectivity index (χ1n) is 13.6. The number of carbonyl (C=O) groups is 1. The van der Waals surface area contributed by atoms with Crippen molar-refractivity contribution in [3.05, 3.63) is 97.1 Å². The Morgan fingerprint density at radius 1 is 0.455 bits per heavy atom. The highest BCUT2D eigenvalue weighted by Crippen LogP contribution is 2.36. The van der Waals surface area contributed by atoms with Gasteiger partial charge in [0.15, 0.2) is 23.3 Å². The van der Waals surface area contributed by atoms with Crippen molar-refractivity contribution in [2.75, 3.05) is 0 Å². The van der Waals surface area contributed by atoms with E-state index in [9.17, 15) is 0 Å². The molecule has 0 atom stereocenters. The molecule has 3 N–H and O–H groups in total. The van der Waals surface area contributed by atoms with Crippen molar-refractivity contribution in [2.24, 2.45) is 0 Å². The van der Waals surface area contributed by atoms with Crippen LogP contribution in [0.15, 0.2) is 97.1 Å². The molecule has 5 heterocycles. The summed E-state index contributed by atoms with van der Waals surface area (Å²) in [6.45, 7) is 0. The van der Waals surface area contributed by atoms with Crippen molar-refractivity contribution in [3.8, 4) is 45.6 Å². The van der Waals surface area contributed by atoms with Gasteiger partial charge in [-0.2, -0.15) is 0 Å². The van der Waals surface area contributed by atoms with Crippen LogP contribution in [0, 0.1) is 0 Å². The van der Waals surface area contributed by atoms with Crippen molar-refractivity contribution in [1.82, 2.24) is 39.9 Å². The molecular formula is C33H19ClN8O2. The third kappa shape index (κ3) is 4.24. The van der Waals surface area contributed by atoms with Crippen molar-refractivity contribution in [1.29, 1.82) is 0 Å². The highest BCUT2D eigenvalue weighted by atomic mass is 35.5. The number of hydrogen-bond acceptors (Lipinski definition) is 7. The normalized spacial score (nSPS) is 11.5. The summed E-state index contributed by atoms with van der Waals surface area (Å²) < 4.78 is 0. The lowest BCUT2D eigenvalue weighted by molar-refractivity contribution is 0.220. The van der Waals surface area contributed by atoms with E-state index in [4.69, 9.17) is 39.8 Å². The highest BCUT2D eigenvalue weighted by molar-refractivity contribution is 6.60. The van der Waals surface area contributed by atoms with E-state index in [0.29, 0.717) is 45.9 Å². The van der Waals surface area contributed by atoms with Crippen molar-refractivity contribution in [3.63, 3.8) is 0 Å². The predicted molar refractivity (Wildman–Crippen MR) is 170 cm³/mol. The summed E-state index contributed by atoms with van der Waals surface area (Å²) in [6.07, 6.45) is 0. The highest BCUT2D eigenvalue weighted by Gasteiger charge is 2.21. The number of nitrogens with zero attached hydrogens (tertiary/aromatic N) is 6. The Bertz CT molecular complexity index is 2140. The standard InChI is InChI=1S/C32H18N8.CHClO2/c1-2-10-18-17(9-1)25-33-26(18)38-28-21-13-5-6-14-22(21)30(35-28)40-32-24-16-8-7-15-23(24)31(36-32)39-29-20-12-4-3-11-19(20)27(34-29)37-25;2-1(3)4/h1-16H,(H2,33,34,35,36,37,38,39,40);(H,3,4). The van der Waals surface area contributed by atoms with Gasteiger partial charge in [-0.1, -0.05) is 97.1 Å². The molecule has 210 valence electrons. The number of H-pyrrole nitrogens is 2. The van der Waals surface area contributed by atoms with Gasteiger partial charge < -0.3 is 15.1 Å². The van der Waals surface area contributed by atoms with E-state index in [1.807, 2.05) is 97.1 Å². The summed E-state index contributed by atoms with van der Waals surface area (Å²) in [4.78, 5) is 45.5. The summed E-state index contributed by atoms with van der Waals surface area (Å²) in [5.41, 5.74) is 5.09. The SMILES string of the molecule is O=C(O)Cl.c1ccc2c(c1)-c1nc-2nc2[nH]c(nc3nc(nc4[nH]c(n1)c1ccccc41)-c1ccccc1-3)c1ccccc21. The molecule has 2 aliphatic rings. The molecule has 0 fully saturated rings. The van der Waals surface area contributed by atoms with Gasteiger partial charge in [-0.05, 0) is 0 Å². The number of hydrogen-bond donors (Lipinski definition) is 3. The second kappa shape index (κ2) is 10.1. The molecule has 7 aromatic rings. The Balaban J connectivity index is 0.000000684. The third-order valence-corrected chi connectivity index (χ3v) is 7.46. The van der Waals surface area contributed by atoms with Crippen LogP contribution in [-0.2, 0) is 0 Å². The molecule has 0 unspecified atom stereocenters.